The third-order valence-electron chi connectivity index (χ3n) is 15.6. The molecule has 2 aromatic carbocycles. The average molecular weight is 1120 g/mol. The summed E-state index contributed by atoms with van der Waals surface area (Å²) in [6, 6.07) is 8.85. The zero-order valence-corrected chi connectivity index (χ0v) is 53.7. The highest BCUT2D eigenvalue weighted by atomic mass is 32.2. The van der Waals surface area contributed by atoms with Crippen molar-refractivity contribution >= 4 is 26.9 Å². The third-order valence-corrected chi connectivity index (χ3v) is 17.3. The number of ether oxygens (including phenoxy) is 6. The molecule has 4 unspecified atom stereocenters. The van der Waals surface area contributed by atoms with Crippen LogP contribution in [-0.2, 0) is 28.8 Å². The summed E-state index contributed by atoms with van der Waals surface area (Å²) in [5, 5.41) is 50.0. The standard InChI is InChI=1S/C61H110N4O12S/c1-43-36-48(24-25-49(43)62-63-50-37-52(73-23)53(38-51(50)72-22)78(70,71)35-32-64(41-44(2)66)42-45(3)67)65(30-33-74-58(14,15)39-46(4)76-60(18,19)54(6,7)26-28-56(10,11)68)31-34-75-59(16,17)40-47(5)77-61(20,21)55(8,9)27-29-57(12,13)69/h24-25,36-38,44-47,66-69H,26-35,39-42H2,1-23H3. The number of aliphatic hydroxyl groups is 4. The van der Waals surface area contributed by atoms with Crippen molar-refractivity contribution in [3.63, 3.8) is 0 Å². The number of hydrogen-bond donors (Lipinski definition) is 4. The summed E-state index contributed by atoms with van der Waals surface area (Å²) in [6.07, 6.45) is 2.72. The molecular weight excluding hydrogens is 1010 g/mol. The van der Waals surface area contributed by atoms with Crippen molar-refractivity contribution in [1.29, 1.82) is 0 Å². The molecule has 0 heterocycles. The quantitative estimate of drug-likeness (QED) is 0.0465. The maximum absolute atomic E-state index is 13.7. The van der Waals surface area contributed by atoms with Gasteiger partial charge in [-0.2, -0.15) is 5.11 Å². The highest BCUT2D eigenvalue weighted by Crippen LogP contribution is 2.43. The SMILES string of the molecule is COc1cc(S(=O)(=O)CCN(CC(C)O)CC(C)O)c(OC)cc1N=Nc1ccc(N(CCOC(C)(C)CC(C)OC(C)(C)C(C)(C)CCC(C)(C)O)CCOC(C)(C)CC(C)OC(C)(C)C(C)(C)CCC(C)(C)O)cc1C. The number of hydrogen-bond acceptors (Lipinski definition) is 16. The first-order chi connectivity index (χ1) is 35.4. The molecule has 0 amide bonds. The number of anilines is 1. The minimum absolute atomic E-state index is 0.0639. The molecule has 0 aliphatic carbocycles. The summed E-state index contributed by atoms with van der Waals surface area (Å²) in [6.45, 7) is 45.0. The largest absolute Gasteiger partial charge is 0.495 e. The fourth-order valence-electron chi connectivity index (χ4n) is 9.58. The van der Waals surface area contributed by atoms with E-state index < -0.39 is 55.7 Å². The molecule has 0 aliphatic rings. The fourth-order valence-corrected chi connectivity index (χ4v) is 11.0. The Morgan fingerprint density at radius 3 is 1.38 bits per heavy atom. The van der Waals surface area contributed by atoms with Gasteiger partial charge in [0.05, 0.1) is 96.9 Å². The van der Waals surface area contributed by atoms with Crippen LogP contribution in [-0.4, -0.2) is 158 Å². The number of methoxy groups -OCH3 is 2. The molecule has 2 aromatic rings. The smallest absolute Gasteiger partial charge is 0.183 e. The monoisotopic (exact) mass is 1120 g/mol. The van der Waals surface area contributed by atoms with E-state index in [0.29, 0.717) is 57.7 Å². The Balaban J connectivity index is 2.42. The van der Waals surface area contributed by atoms with Crippen LogP contribution >= 0.6 is 0 Å². The number of rotatable bonds is 37. The van der Waals surface area contributed by atoms with E-state index in [0.717, 1.165) is 24.1 Å². The normalized spacial score (nSPS) is 15.5. The summed E-state index contributed by atoms with van der Waals surface area (Å²) >= 11 is 0. The van der Waals surface area contributed by atoms with E-state index in [9.17, 15) is 28.8 Å². The summed E-state index contributed by atoms with van der Waals surface area (Å²) in [5.74, 6) is 0.000771. The molecule has 2 rings (SSSR count). The Labute approximate surface area is 473 Å². The van der Waals surface area contributed by atoms with Crippen molar-refractivity contribution < 1.29 is 57.3 Å². The highest BCUT2D eigenvalue weighted by Gasteiger charge is 2.42. The summed E-state index contributed by atoms with van der Waals surface area (Å²) in [5.41, 5.74) is -1.10. The van der Waals surface area contributed by atoms with Gasteiger partial charge in [-0.05, 0) is 178 Å². The van der Waals surface area contributed by atoms with Crippen molar-refractivity contribution in [2.75, 3.05) is 70.8 Å². The van der Waals surface area contributed by atoms with Crippen LogP contribution in [0.15, 0.2) is 45.5 Å². The average Bonchev–Trinajstić information content (AvgIpc) is 3.26. The van der Waals surface area contributed by atoms with Crippen LogP contribution in [0.25, 0.3) is 0 Å². The van der Waals surface area contributed by atoms with E-state index in [1.54, 1.807) is 18.7 Å². The van der Waals surface area contributed by atoms with Crippen molar-refractivity contribution in [2.45, 2.75) is 247 Å². The molecule has 16 nitrogen and oxygen atoms in total. The zero-order chi connectivity index (χ0) is 60.1. The van der Waals surface area contributed by atoms with Crippen LogP contribution < -0.4 is 14.4 Å². The van der Waals surface area contributed by atoms with Crippen molar-refractivity contribution in [3.05, 3.63) is 35.9 Å². The number of aliphatic hydroxyl groups excluding tert-OH is 2. The zero-order valence-electron chi connectivity index (χ0n) is 52.8. The predicted octanol–water partition coefficient (Wildman–Crippen LogP) is 12.0. The molecule has 0 aromatic heterocycles. The Bertz CT molecular complexity index is 2200. The van der Waals surface area contributed by atoms with Gasteiger partial charge in [-0.3, -0.25) is 4.90 Å². The Kier molecular flexibility index (Phi) is 26.3. The van der Waals surface area contributed by atoms with Gasteiger partial charge in [-0.15, -0.1) is 5.11 Å². The van der Waals surface area contributed by atoms with Crippen LogP contribution in [0.5, 0.6) is 11.5 Å². The van der Waals surface area contributed by atoms with E-state index in [1.165, 1.54) is 26.4 Å². The lowest BCUT2D eigenvalue weighted by atomic mass is 9.72. The number of nitrogens with zero attached hydrogens (tertiary/aromatic N) is 4. The summed E-state index contributed by atoms with van der Waals surface area (Å²) < 4.78 is 65.6. The molecular formula is C61H110N4O12S. The minimum Gasteiger partial charge on any atom is -0.495 e. The Morgan fingerprint density at radius 2 is 1.00 bits per heavy atom. The van der Waals surface area contributed by atoms with E-state index in [-0.39, 0.29) is 70.5 Å². The van der Waals surface area contributed by atoms with Crippen LogP contribution in [0.2, 0.25) is 0 Å². The van der Waals surface area contributed by atoms with Gasteiger partial charge in [0.2, 0.25) is 0 Å². The van der Waals surface area contributed by atoms with Crippen molar-refractivity contribution in [2.24, 2.45) is 21.1 Å². The molecule has 0 bridgehead atoms. The Morgan fingerprint density at radius 1 is 0.577 bits per heavy atom. The second-order valence-electron chi connectivity index (χ2n) is 27.0. The van der Waals surface area contributed by atoms with Crippen LogP contribution in [0, 0.1) is 17.8 Å². The van der Waals surface area contributed by atoms with Gasteiger partial charge in [-0.1, -0.05) is 27.7 Å². The number of azo groups is 1. The van der Waals surface area contributed by atoms with Gasteiger partial charge in [0.1, 0.15) is 22.1 Å². The number of aryl methyl sites for hydroxylation is 1. The second-order valence-corrected chi connectivity index (χ2v) is 29.1. The topological polar surface area (TPSA) is 202 Å². The third kappa shape index (κ3) is 24.2. The lowest BCUT2D eigenvalue weighted by Crippen LogP contribution is -2.46. The van der Waals surface area contributed by atoms with E-state index in [1.807, 2.05) is 46.8 Å². The predicted molar refractivity (Wildman–Crippen MR) is 316 cm³/mol. The Hall–Kier alpha value is -2.97. The van der Waals surface area contributed by atoms with Crippen LogP contribution in [0.3, 0.4) is 0 Å². The van der Waals surface area contributed by atoms with E-state index in [2.05, 4.69) is 118 Å². The lowest BCUT2D eigenvalue weighted by Gasteiger charge is -2.45. The maximum atomic E-state index is 13.7. The molecule has 0 saturated heterocycles. The summed E-state index contributed by atoms with van der Waals surface area (Å²) in [7, 11) is -1.08. The molecule has 4 N–H and O–H groups in total. The lowest BCUT2D eigenvalue weighted by molar-refractivity contribution is -0.156. The number of sulfone groups is 1. The first kappa shape index (κ1) is 71.1. The van der Waals surface area contributed by atoms with Crippen LogP contribution in [0.1, 0.15) is 183 Å². The van der Waals surface area contributed by atoms with Gasteiger partial charge < -0.3 is 53.7 Å². The first-order valence-electron chi connectivity index (χ1n) is 28.3. The fraction of sp³-hybridized carbons (Fsp3) is 0.803. The van der Waals surface area contributed by atoms with Crippen molar-refractivity contribution in [3.8, 4) is 11.5 Å². The molecule has 17 heteroatoms. The number of benzene rings is 2. The second kappa shape index (κ2) is 28.8. The van der Waals surface area contributed by atoms with Gasteiger partial charge in [0.25, 0.3) is 0 Å². The van der Waals surface area contributed by atoms with E-state index in [4.69, 9.17) is 28.4 Å². The van der Waals surface area contributed by atoms with Gasteiger partial charge in [0, 0.05) is 63.4 Å². The molecule has 0 saturated carbocycles. The molecule has 0 aliphatic heterocycles. The van der Waals surface area contributed by atoms with Crippen molar-refractivity contribution in [1.82, 2.24) is 4.90 Å². The highest BCUT2D eigenvalue weighted by molar-refractivity contribution is 7.91. The molecule has 0 spiro atoms. The molecule has 78 heavy (non-hydrogen) atoms. The van der Waals surface area contributed by atoms with Crippen LogP contribution in [0.4, 0.5) is 17.1 Å². The maximum Gasteiger partial charge on any atom is 0.183 e. The molecule has 0 radical (unpaired) electrons. The molecule has 4 atom stereocenters. The van der Waals surface area contributed by atoms with Gasteiger partial charge in [-0.25, -0.2) is 8.42 Å². The first-order valence-corrected chi connectivity index (χ1v) is 29.9. The van der Waals surface area contributed by atoms with Gasteiger partial charge >= 0.3 is 0 Å². The van der Waals surface area contributed by atoms with Gasteiger partial charge in [0.15, 0.2) is 9.84 Å². The minimum atomic E-state index is -3.91. The summed E-state index contributed by atoms with van der Waals surface area (Å²) in [4.78, 5) is 3.90. The van der Waals surface area contributed by atoms with E-state index >= 15 is 0 Å². The molecule has 0 fully saturated rings. The molecule has 452 valence electrons.